The molecular formula is C13H19ClNOS+. The van der Waals surface area contributed by atoms with Crippen molar-refractivity contribution in [3.8, 4) is 0 Å². The Bertz CT molecular complexity index is 385. The standard InChI is InChI=1S/C13H18ClNOS/c1-15(10-5-3-2-4-6-10)9-11(16)12-7-8-13(14)17-12/h7-8,10H,2-6,9H2,1H3/p+1. The minimum Gasteiger partial charge on any atom is -0.328 e. The van der Waals surface area contributed by atoms with E-state index in [1.165, 1.54) is 48.3 Å². The Hall–Kier alpha value is -0.380. The summed E-state index contributed by atoms with van der Waals surface area (Å²) in [5.74, 6) is 0.227. The third-order valence-corrected chi connectivity index (χ3v) is 4.86. The Labute approximate surface area is 112 Å². The molecule has 1 aliphatic carbocycles. The predicted molar refractivity (Wildman–Crippen MR) is 72.3 cm³/mol. The zero-order valence-electron chi connectivity index (χ0n) is 10.2. The molecule has 0 amide bonds. The molecule has 1 N–H and O–H groups in total. The second kappa shape index (κ2) is 5.98. The Morgan fingerprint density at radius 3 is 2.71 bits per heavy atom. The first kappa shape index (κ1) is 13.1. The van der Waals surface area contributed by atoms with Gasteiger partial charge in [-0.15, -0.1) is 11.3 Å². The average molecular weight is 273 g/mol. The van der Waals surface area contributed by atoms with Crippen LogP contribution in [0.4, 0.5) is 0 Å². The lowest BCUT2D eigenvalue weighted by atomic mass is 9.94. The van der Waals surface area contributed by atoms with Crippen molar-refractivity contribution in [2.45, 2.75) is 38.1 Å². The molecule has 1 saturated carbocycles. The summed E-state index contributed by atoms with van der Waals surface area (Å²) in [6, 6.07) is 4.31. The number of rotatable bonds is 4. The lowest BCUT2D eigenvalue weighted by Crippen LogP contribution is -3.13. The van der Waals surface area contributed by atoms with Gasteiger partial charge in [0.05, 0.1) is 22.3 Å². The maximum atomic E-state index is 12.0. The van der Waals surface area contributed by atoms with Crippen LogP contribution in [-0.4, -0.2) is 25.4 Å². The summed E-state index contributed by atoms with van der Waals surface area (Å²) < 4.78 is 0.698. The summed E-state index contributed by atoms with van der Waals surface area (Å²) in [4.78, 5) is 14.2. The van der Waals surface area contributed by atoms with Gasteiger partial charge < -0.3 is 4.90 Å². The maximum absolute atomic E-state index is 12.0. The predicted octanol–water partition coefficient (Wildman–Crippen LogP) is 2.43. The van der Waals surface area contributed by atoms with Crippen LogP contribution < -0.4 is 4.90 Å². The van der Waals surface area contributed by atoms with Gasteiger partial charge in [-0.05, 0) is 37.8 Å². The van der Waals surface area contributed by atoms with E-state index in [1.807, 2.05) is 6.07 Å². The highest BCUT2D eigenvalue weighted by Gasteiger charge is 2.24. The quantitative estimate of drug-likeness (QED) is 0.836. The van der Waals surface area contributed by atoms with Gasteiger partial charge in [0.2, 0.25) is 5.78 Å². The molecule has 17 heavy (non-hydrogen) atoms. The fraction of sp³-hybridized carbons (Fsp3) is 0.615. The molecule has 0 aromatic carbocycles. The van der Waals surface area contributed by atoms with Gasteiger partial charge in [-0.2, -0.15) is 0 Å². The van der Waals surface area contributed by atoms with E-state index < -0.39 is 0 Å². The molecular weight excluding hydrogens is 254 g/mol. The highest BCUT2D eigenvalue weighted by Crippen LogP contribution is 2.21. The zero-order valence-corrected chi connectivity index (χ0v) is 11.7. The summed E-state index contributed by atoms with van der Waals surface area (Å²) in [6.45, 7) is 0.599. The van der Waals surface area contributed by atoms with Crippen molar-refractivity contribution in [3.05, 3.63) is 21.3 Å². The van der Waals surface area contributed by atoms with E-state index in [0.29, 0.717) is 16.9 Å². The highest BCUT2D eigenvalue weighted by atomic mass is 35.5. The average Bonchev–Trinajstić information content (AvgIpc) is 2.77. The van der Waals surface area contributed by atoms with Gasteiger partial charge in [0.1, 0.15) is 6.54 Å². The number of halogens is 1. The molecule has 0 aliphatic heterocycles. The minimum absolute atomic E-state index is 0.227. The first-order valence-electron chi connectivity index (χ1n) is 6.27. The molecule has 94 valence electrons. The normalized spacial score (nSPS) is 19.2. The van der Waals surface area contributed by atoms with Crippen molar-refractivity contribution in [2.75, 3.05) is 13.6 Å². The van der Waals surface area contributed by atoms with Crippen LogP contribution in [0.15, 0.2) is 12.1 Å². The summed E-state index contributed by atoms with van der Waals surface area (Å²) in [7, 11) is 2.14. The van der Waals surface area contributed by atoms with Gasteiger partial charge in [0, 0.05) is 0 Å². The lowest BCUT2D eigenvalue weighted by molar-refractivity contribution is -0.898. The number of likely N-dealkylation sites (N-methyl/N-ethyl adjacent to an activating group) is 1. The maximum Gasteiger partial charge on any atom is 0.226 e. The molecule has 0 saturated heterocycles. The molecule has 1 fully saturated rings. The highest BCUT2D eigenvalue weighted by molar-refractivity contribution is 7.18. The van der Waals surface area contributed by atoms with Crippen LogP contribution in [0.3, 0.4) is 0 Å². The molecule has 0 spiro atoms. The van der Waals surface area contributed by atoms with Crippen molar-refractivity contribution in [3.63, 3.8) is 0 Å². The fourth-order valence-electron chi connectivity index (χ4n) is 2.54. The van der Waals surface area contributed by atoms with Crippen LogP contribution in [0.2, 0.25) is 4.34 Å². The Morgan fingerprint density at radius 1 is 1.41 bits per heavy atom. The van der Waals surface area contributed by atoms with Crippen molar-refractivity contribution in [1.82, 2.24) is 0 Å². The molecule has 1 aliphatic rings. The second-order valence-corrected chi connectivity index (χ2v) is 6.60. The van der Waals surface area contributed by atoms with Crippen LogP contribution in [-0.2, 0) is 0 Å². The van der Waals surface area contributed by atoms with Crippen molar-refractivity contribution in [1.29, 1.82) is 0 Å². The number of hydrogen-bond donors (Lipinski definition) is 1. The van der Waals surface area contributed by atoms with Gasteiger partial charge in [-0.1, -0.05) is 18.0 Å². The number of ketones is 1. The largest absolute Gasteiger partial charge is 0.328 e. The lowest BCUT2D eigenvalue weighted by Gasteiger charge is -2.27. The molecule has 1 atom stereocenters. The molecule has 1 unspecified atom stereocenters. The van der Waals surface area contributed by atoms with Crippen molar-refractivity contribution < 1.29 is 9.69 Å². The summed E-state index contributed by atoms with van der Waals surface area (Å²) in [5, 5.41) is 0. The first-order valence-corrected chi connectivity index (χ1v) is 7.47. The first-order chi connectivity index (χ1) is 8.16. The van der Waals surface area contributed by atoms with Gasteiger partial charge in [0.15, 0.2) is 0 Å². The Morgan fingerprint density at radius 2 is 2.12 bits per heavy atom. The number of carbonyl (C=O) groups excluding carboxylic acids is 1. The fourth-order valence-corrected chi connectivity index (χ4v) is 3.52. The van der Waals surface area contributed by atoms with Gasteiger partial charge >= 0.3 is 0 Å². The number of nitrogens with one attached hydrogen (secondary N) is 1. The van der Waals surface area contributed by atoms with Crippen LogP contribution >= 0.6 is 22.9 Å². The Balaban J connectivity index is 1.89. The van der Waals surface area contributed by atoms with Crippen LogP contribution in [0.25, 0.3) is 0 Å². The molecule has 1 aromatic heterocycles. The summed E-state index contributed by atoms with van der Waals surface area (Å²) >= 11 is 7.24. The summed E-state index contributed by atoms with van der Waals surface area (Å²) in [5.41, 5.74) is 0. The molecule has 4 heteroatoms. The van der Waals surface area contributed by atoms with E-state index in [9.17, 15) is 4.79 Å². The van der Waals surface area contributed by atoms with Crippen LogP contribution in [0.1, 0.15) is 41.8 Å². The molecule has 1 heterocycles. The van der Waals surface area contributed by atoms with Gasteiger partial charge in [-0.3, -0.25) is 4.79 Å². The van der Waals surface area contributed by atoms with Crippen molar-refractivity contribution >= 4 is 28.7 Å². The smallest absolute Gasteiger partial charge is 0.226 e. The molecule has 2 nitrogen and oxygen atoms in total. The van der Waals surface area contributed by atoms with E-state index in [4.69, 9.17) is 11.6 Å². The van der Waals surface area contributed by atoms with Crippen LogP contribution in [0.5, 0.6) is 0 Å². The number of hydrogen-bond acceptors (Lipinski definition) is 2. The van der Waals surface area contributed by atoms with E-state index in [0.717, 1.165) is 4.88 Å². The van der Waals surface area contributed by atoms with Crippen LogP contribution in [0, 0.1) is 0 Å². The topological polar surface area (TPSA) is 21.5 Å². The second-order valence-electron chi connectivity index (χ2n) is 4.88. The number of Topliss-reactive ketones (excluding diaryl/α,β-unsaturated/α-hetero) is 1. The van der Waals surface area contributed by atoms with Gasteiger partial charge in [0.25, 0.3) is 0 Å². The van der Waals surface area contributed by atoms with Gasteiger partial charge in [-0.25, -0.2) is 0 Å². The summed E-state index contributed by atoms with van der Waals surface area (Å²) in [6.07, 6.45) is 6.54. The number of thiophene rings is 1. The zero-order chi connectivity index (χ0) is 12.3. The van der Waals surface area contributed by atoms with E-state index >= 15 is 0 Å². The molecule has 0 bridgehead atoms. The number of carbonyl (C=O) groups is 1. The molecule has 0 radical (unpaired) electrons. The minimum atomic E-state index is 0.227. The van der Waals surface area contributed by atoms with E-state index in [1.54, 1.807) is 6.07 Å². The SMILES string of the molecule is C[NH+](CC(=O)c1ccc(Cl)s1)C1CCCCC1. The molecule has 2 rings (SSSR count). The Kier molecular flexibility index (Phi) is 4.60. The molecule has 1 aromatic rings. The third kappa shape index (κ3) is 3.54. The number of quaternary nitrogens is 1. The monoisotopic (exact) mass is 272 g/mol. The van der Waals surface area contributed by atoms with Crippen molar-refractivity contribution in [2.24, 2.45) is 0 Å². The van der Waals surface area contributed by atoms with E-state index in [2.05, 4.69) is 7.05 Å². The third-order valence-electron chi connectivity index (χ3n) is 3.59. The van der Waals surface area contributed by atoms with E-state index in [-0.39, 0.29) is 5.78 Å².